The highest BCUT2D eigenvalue weighted by Crippen LogP contribution is 2.26. The quantitative estimate of drug-likeness (QED) is 0.838. The van der Waals surface area contributed by atoms with E-state index < -0.39 is 6.09 Å². The van der Waals surface area contributed by atoms with E-state index in [0.29, 0.717) is 5.75 Å². The molecule has 0 aliphatic carbocycles. The van der Waals surface area contributed by atoms with E-state index in [1.54, 1.807) is 23.9 Å². The van der Waals surface area contributed by atoms with Crippen molar-refractivity contribution < 1.29 is 9.53 Å². The number of rotatable bonds is 4. The second-order valence-electron chi connectivity index (χ2n) is 3.76. The summed E-state index contributed by atoms with van der Waals surface area (Å²) >= 11 is 1.68. The zero-order chi connectivity index (χ0) is 13.5. The third kappa shape index (κ3) is 4.03. The van der Waals surface area contributed by atoms with Crippen LogP contribution in [0, 0.1) is 0 Å². The number of nitrogens with one attached hydrogen (secondary N) is 1. The fourth-order valence-corrected chi connectivity index (χ4v) is 2.34. The van der Waals surface area contributed by atoms with Crippen molar-refractivity contribution >= 4 is 23.5 Å². The predicted molar refractivity (Wildman–Crippen MR) is 78.9 cm³/mol. The topological polar surface area (TPSA) is 38.3 Å². The van der Waals surface area contributed by atoms with Crippen LogP contribution in [0.15, 0.2) is 59.5 Å². The SMILES string of the molecule is CCSc1ccccc1NC(=O)Oc1ccccc1. The molecular formula is C15H15NO2S. The number of ether oxygens (including phenoxy) is 1. The number of hydrogen-bond donors (Lipinski definition) is 1. The van der Waals surface area contributed by atoms with Crippen LogP contribution in [0.4, 0.5) is 10.5 Å². The van der Waals surface area contributed by atoms with Crippen LogP contribution in [0.5, 0.6) is 5.75 Å². The number of hydrogen-bond acceptors (Lipinski definition) is 3. The first kappa shape index (κ1) is 13.5. The molecule has 2 aromatic rings. The molecule has 0 heterocycles. The molecule has 4 heteroatoms. The van der Waals surface area contributed by atoms with Crippen LogP contribution in [-0.4, -0.2) is 11.8 Å². The number of carbonyl (C=O) groups is 1. The Balaban J connectivity index is 2.03. The maximum atomic E-state index is 11.8. The largest absolute Gasteiger partial charge is 0.417 e. The summed E-state index contributed by atoms with van der Waals surface area (Å²) in [4.78, 5) is 12.8. The average molecular weight is 273 g/mol. The molecule has 1 amide bonds. The van der Waals surface area contributed by atoms with Gasteiger partial charge in [0, 0.05) is 4.90 Å². The van der Waals surface area contributed by atoms with Crippen molar-refractivity contribution in [3.63, 3.8) is 0 Å². The van der Waals surface area contributed by atoms with E-state index in [1.807, 2.05) is 42.5 Å². The summed E-state index contributed by atoms with van der Waals surface area (Å²) < 4.78 is 5.19. The molecule has 2 rings (SSSR count). The molecule has 0 saturated heterocycles. The summed E-state index contributed by atoms with van der Waals surface area (Å²) in [6.45, 7) is 2.07. The van der Waals surface area contributed by atoms with E-state index in [2.05, 4.69) is 12.2 Å². The highest BCUT2D eigenvalue weighted by molar-refractivity contribution is 7.99. The summed E-state index contributed by atoms with van der Waals surface area (Å²) in [7, 11) is 0. The van der Waals surface area contributed by atoms with Crippen molar-refractivity contribution in [2.45, 2.75) is 11.8 Å². The molecule has 19 heavy (non-hydrogen) atoms. The lowest BCUT2D eigenvalue weighted by Gasteiger charge is -2.10. The molecular weight excluding hydrogens is 258 g/mol. The minimum absolute atomic E-state index is 0.477. The van der Waals surface area contributed by atoms with Gasteiger partial charge in [0.15, 0.2) is 0 Å². The van der Waals surface area contributed by atoms with E-state index in [-0.39, 0.29) is 0 Å². The van der Waals surface area contributed by atoms with Crippen LogP contribution < -0.4 is 10.1 Å². The summed E-state index contributed by atoms with van der Waals surface area (Å²) in [5.74, 6) is 1.48. The van der Waals surface area contributed by atoms with Gasteiger partial charge < -0.3 is 4.74 Å². The van der Waals surface area contributed by atoms with Gasteiger partial charge in [-0.1, -0.05) is 37.3 Å². The van der Waals surface area contributed by atoms with Gasteiger partial charge in [-0.15, -0.1) is 11.8 Å². The Kier molecular flexibility index (Phi) is 4.86. The number of para-hydroxylation sites is 2. The fourth-order valence-electron chi connectivity index (χ4n) is 1.58. The van der Waals surface area contributed by atoms with Crippen LogP contribution in [0.25, 0.3) is 0 Å². The summed E-state index contributed by atoms with van der Waals surface area (Å²) in [5, 5.41) is 2.76. The van der Waals surface area contributed by atoms with E-state index in [4.69, 9.17) is 4.74 Å². The van der Waals surface area contributed by atoms with Gasteiger partial charge in [-0.05, 0) is 30.0 Å². The minimum Gasteiger partial charge on any atom is -0.410 e. The van der Waals surface area contributed by atoms with Crippen LogP contribution in [0.2, 0.25) is 0 Å². The van der Waals surface area contributed by atoms with Crippen molar-refractivity contribution in [1.82, 2.24) is 0 Å². The number of anilines is 1. The second-order valence-corrected chi connectivity index (χ2v) is 5.06. The monoisotopic (exact) mass is 273 g/mol. The maximum absolute atomic E-state index is 11.8. The van der Waals surface area contributed by atoms with Gasteiger partial charge in [0.25, 0.3) is 0 Å². The third-order valence-corrected chi connectivity index (χ3v) is 3.33. The van der Waals surface area contributed by atoms with Gasteiger partial charge in [-0.2, -0.15) is 0 Å². The number of thioether (sulfide) groups is 1. The summed E-state index contributed by atoms with van der Waals surface area (Å²) in [6.07, 6.45) is -0.477. The molecule has 0 spiro atoms. The Labute approximate surface area is 117 Å². The smallest absolute Gasteiger partial charge is 0.410 e. The molecule has 0 radical (unpaired) electrons. The van der Waals surface area contributed by atoms with Crippen LogP contribution in [0.1, 0.15) is 6.92 Å². The lowest BCUT2D eigenvalue weighted by molar-refractivity contribution is 0.215. The Morgan fingerprint density at radius 1 is 1.11 bits per heavy atom. The van der Waals surface area contributed by atoms with Crippen LogP contribution >= 0.6 is 11.8 Å². The fraction of sp³-hybridized carbons (Fsp3) is 0.133. The third-order valence-electron chi connectivity index (χ3n) is 2.38. The van der Waals surface area contributed by atoms with E-state index in [9.17, 15) is 4.79 Å². The molecule has 2 aromatic carbocycles. The van der Waals surface area contributed by atoms with Gasteiger partial charge >= 0.3 is 6.09 Å². The van der Waals surface area contributed by atoms with Gasteiger partial charge in [0.2, 0.25) is 0 Å². The van der Waals surface area contributed by atoms with Crippen LogP contribution in [-0.2, 0) is 0 Å². The average Bonchev–Trinajstić information content (AvgIpc) is 2.42. The first-order chi connectivity index (χ1) is 9.29. The van der Waals surface area contributed by atoms with Crippen molar-refractivity contribution in [1.29, 1.82) is 0 Å². The molecule has 0 atom stereocenters. The molecule has 98 valence electrons. The Hall–Kier alpha value is -1.94. The molecule has 0 aromatic heterocycles. The van der Waals surface area contributed by atoms with E-state index in [0.717, 1.165) is 16.3 Å². The number of amides is 1. The Bertz CT molecular complexity index is 543. The van der Waals surface area contributed by atoms with Gasteiger partial charge in [-0.3, -0.25) is 5.32 Å². The summed E-state index contributed by atoms with van der Waals surface area (Å²) in [5.41, 5.74) is 0.773. The Morgan fingerprint density at radius 2 is 1.79 bits per heavy atom. The van der Waals surface area contributed by atoms with Gasteiger partial charge in [0.05, 0.1) is 5.69 Å². The molecule has 0 bridgehead atoms. The highest BCUT2D eigenvalue weighted by atomic mass is 32.2. The number of benzene rings is 2. The van der Waals surface area contributed by atoms with Crippen molar-refractivity contribution in [2.75, 3.05) is 11.1 Å². The molecule has 0 unspecified atom stereocenters. The molecule has 0 aliphatic heterocycles. The maximum Gasteiger partial charge on any atom is 0.417 e. The molecule has 0 aliphatic rings. The van der Waals surface area contributed by atoms with Crippen LogP contribution in [0.3, 0.4) is 0 Å². The van der Waals surface area contributed by atoms with E-state index in [1.165, 1.54) is 0 Å². The normalized spacial score (nSPS) is 9.95. The predicted octanol–water partition coefficient (Wildman–Crippen LogP) is 4.41. The lowest BCUT2D eigenvalue weighted by atomic mass is 10.3. The first-order valence-corrected chi connectivity index (χ1v) is 7.04. The second kappa shape index (κ2) is 6.85. The molecule has 0 fully saturated rings. The summed E-state index contributed by atoms with van der Waals surface area (Å²) in [6, 6.07) is 16.7. The van der Waals surface area contributed by atoms with Crippen molar-refractivity contribution in [3.8, 4) is 5.75 Å². The zero-order valence-electron chi connectivity index (χ0n) is 10.6. The van der Waals surface area contributed by atoms with Crippen molar-refractivity contribution in [3.05, 3.63) is 54.6 Å². The van der Waals surface area contributed by atoms with E-state index >= 15 is 0 Å². The van der Waals surface area contributed by atoms with Gasteiger partial charge in [-0.25, -0.2) is 4.79 Å². The van der Waals surface area contributed by atoms with Gasteiger partial charge in [0.1, 0.15) is 5.75 Å². The lowest BCUT2D eigenvalue weighted by Crippen LogP contribution is -2.17. The Morgan fingerprint density at radius 3 is 2.53 bits per heavy atom. The van der Waals surface area contributed by atoms with Crippen molar-refractivity contribution in [2.24, 2.45) is 0 Å². The standard InChI is InChI=1S/C15H15NO2S/c1-2-19-14-11-7-6-10-13(14)16-15(17)18-12-8-4-3-5-9-12/h3-11H,2H2,1H3,(H,16,17). The zero-order valence-corrected chi connectivity index (χ0v) is 11.4. The molecule has 3 nitrogen and oxygen atoms in total. The molecule has 0 saturated carbocycles. The molecule has 1 N–H and O–H groups in total. The first-order valence-electron chi connectivity index (χ1n) is 6.05. The number of carbonyl (C=O) groups excluding carboxylic acids is 1. The highest BCUT2D eigenvalue weighted by Gasteiger charge is 2.08. The minimum atomic E-state index is -0.477.